The van der Waals surface area contributed by atoms with Crippen molar-refractivity contribution in [3.8, 4) is 0 Å². The van der Waals surface area contributed by atoms with E-state index in [9.17, 15) is 4.79 Å². The fraction of sp³-hybridized carbons (Fsp3) is 0.188. The minimum absolute atomic E-state index is 0.0413. The summed E-state index contributed by atoms with van der Waals surface area (Å²) in [5.74, 6) is 0.0413. The van der Waals surface area contributed by atoms with Crippen LogP contribution in [-0.2, 0) is 17.8 Å². The molecule has 0 spiro atoms. The van der Waals surface area contributed by atoms with E-state index in [2.05, 4.69) is 27.3 Å². The van der Waals surface area contributed by atoms with Crippen LogP contribution < -0.4 is 5.32 Å². The molecule has 1 amide bonds. The van der Waals surface area contributed by atoms with Gasteiger partial charge in [-0.25, -0.2) is 0 Å². The number of aryl methyl sites for hydroxylation is 1. The SMILES string of the molecule is Cc1cccc(CNC(=O)Cc2cccc(Br)c2)c1. The molecule has 2 aromatic rings. The first kappa shape index (κ1) is 13.8. The van der Waals surface area contributed by atoms with Crippen LogP contribution in [0, 0.1) is 6.92 Å². The summed E-state index contributed by atoms with van der Waals surface area (Å²) >= 11 is 3.40. The van der Waals surface area contributed by atoms with Gasteiger partial charge in [-0.3, -0.25) is 4.79 Å². The Hall–Kier alpha value is -1.61. The molecule has 0 aliphatic rings. The van der Waals surface area contributed by atoms with Crippen LogP contribution >= 0.6 is 15.9 Å². The summed E-state index contributed by atoms with van der Waals surface area (Å²) in [5.41, 5.74) is 3.34. The average Bonchev–Trinajstić information content (AvgIpc) is 2.36. The van der Waals surface area contributed by atoms with Crippen LogP contribution in [0.2, 0.25) is 0 Å². The van der Waals surface area contributed by atoms with Gasteiger partial charge in [-0.05, 0) is 30.2 Å². The maximum Gasteiger partial charge on any atom is 0.224 e. The van der Waals surface area contributed by atoms with E-state index in [1.54, 1.807) is 0 Å². The Morgan fingerprint density at radius 1 is 1.11 bits per heavy atom. The number of carbonyl (C=O) groups is 1. The van der Waals surface area contributed by atoms with Crippen LogP contribution in [0.1, 0.15) is 16.7 Å². The monoisotopic (exact) mass is 317 g/mol. The molecule has 3 heteroatoms. The summed E-state index contributed by atoms with van der Waals surface area (Å²) < 4.78 is 0.997. The molecule has 0 bridgehead atoms. The first-order valence-corrected chi connectivity index (χ1v) is 6.99. The topological polar surface area (TPSA) is 29.1 Å². The minimum Gasteiger partial charge on any atom is -0.352 e. The van der Waals surface area contributed by atoms with E-state index in [4.69, 9.17) is 0 Å². The number of amides is 1. The summed E-state index contributed by atoms with van der Waals surface area (Å²) in [6.45, 7) is 2.63. The zero-order valence-corrected chi connectivity index (χ0v) is 12.4. The molecule has 0 unspecified atom stereocenters. The van der Waals surface area contributed by atoms with Gasteiger partial charge >= 0.3 is 0 Å². The van der Waals surface area contributed by atoms with Crippen molar-refractivity contribution in [2.45, 2.75) is 19.9 Å². The van der Waals surface area contributed by atoms with E-state index < -0.39 is 0 Å². The molecule has 98 valence electrons. The normalized spacial score (nSPS) is 10.2. The molecule has 2 nitrogen and oxygen atoms in total. The lowest BCUT2D eigenvalue weighted by Gasteiger charge is -2.06. The zero-order chi connectivity index (χ0) is 13.7. The molecule has 19 heavy (non-hydrogen) atoms. The predicted octanol–water partition coefficient (Wildman–Crippen LogP) is 3.62. The third-order valence-electron chi connectivity index (χ3n) is 2.83. The van der Waals surface area contributed by atoms with Gasteiger partial charge in [-0.1, -0.05) is 57.9 Å². The van der Waals surface area contributed by atoms with Crippen molar-refractivity contribution >= 4 is 21.8 Å². The number of carbonyl (C=O) groups excluding carboxylic acids is 1. The Morgan fingerprint density at radius 3 is 2.58 bits per heavy atom. The summed E-state index contributed by atoms with van der Waals surface area (Å²) in [7, 11) is 0. The fourth-order valence-corrected chi connectivity index (χ4v) is 2.36. The summed E-state index contributed by atoms with van der Waals surface area (Å²) in [5, 5.41) is 2.94. The Labute approximate surface area is 122 Å². The Kier molecular flexibility index (Phi) is 4.74. The summed E-state index contributed by atoms with van der Waals surface area (Å²) in [6, 6.07) is 16.0. The third-order valence-corrected chi connectivity index (χ3v) is 3.32. The molecule has 0 aliphatic carbocycles. The van der Waals surface area contributed by atoms with E-state index in [-0.39, 0.29) is 5.91 Å². The standard InChI is InChI=1S/C16H16BrNO/c1-12-4-2-6-14(8-12)11-18-16(19)10-13-5-3-7-15(17)9-13/h2-9H,10-11H2,1H3,(H,18,19). The quantitative estimate of drug-likeness (QED) is 0.917. The number of hydrogen-bond donors (Lipinski definition) is 1. The summed E-state index contributed by atoms with van der Waals surface area (Å²) in [4.78, 5) is 11.9. The molecule has 2 aromatic carbocycles. The molecule has 0 saturated carbocycles. The van der Waals surface area contributed by atoms with Crippen molar-refractivity contribution in [1.29, 1.82) is 0 Å². The second-order valence-electron chi connectivity index (χ2n) is 4.57. The van der Waals surface area contributed by atoms with Crippen LogP contribution in [0.3, 0.4) is 0 Å². The van der Waals surface area contributed by atoms with Crippen molar-refractivity contribution in [1.82, 2.24) is 5.32 Å². The fourth-order valence-electron chi connectivity index (χ4n) is 1.92. The molecule has 1 N–H and O–H groups in total. The molecule has 0 heterocycles. The van der Waals surface area contributed by atoms with E-state index in [1.807, 2.05) is 49.4 Å². The molecule has 0 fully saturated rings. The van der Waals surface area contributed by atoms with Crippen LogP contribution in [0.5, 0.6) is 0 Å². The number of rotatable bonds is 4. The highest BCUT2D eigenvalue weighted by Crippen LogP contribution is 2.12. The lowest BCUT2D eigenvalue weighted by Crippen LogP contribution is -2.24. The lowest BCUT2D eigenvalue weighted by molar-refractivity contribution is -0.120. The van der Waals surface area contributed by atoms with E-state index in [0.29, 0.717) is 13.0 Å². The number of halogens is 1. The first-order valence-electron chi connectivity index (χ1n) is 6.20. The highest BCUT2D eigenvalue weighted by molar-refractivity contribution is 9.10. The maximum absolute atomic E-state index is 11.9. The van der Waals surface area contributed by atoms with Crippen LogP contribution in [0.15, 0.2) is 53.0 Å². The van der Waals surface area contributed by atoms with Gasteiger partial charge in [0.1, 0.15) is 0 Å². The molecule has 0 aliphatic heterocycles. The van der Waals surface area contributed by atoms with Gasteiger partial charge in [0.25, 0.3) is 0 Å². The number of benzene rings is 2. The second kappa shape index (κ2) is 6.53. The molecular formula is C16H16BrNO. The predicted molar refractivity (Wildman–Crippen MR) is 80.9 cm³/mol. The van der Waals surface area contributed by atoms with E-state index >= 15 is 0 Å². The highest BCUT2D eigenvalue weighted by Gasteiger charge is 2.03. The van der Waals surface area contributed by atoms with E-state index in [0.717, 1.165) is 15.6 Å². The second-order valence-corrected chi connectivity index (χ2v) is 5.49. The highest BCUT2D eigenvalue weighted by atomic mass is 79.9. The smallest absolute Gasteiger partial charge is 0.224 e. The van der Waals surface area contributed by atoms with E-state index in [1.165, 1.54) is 5.56 Å². The van der Waals surface area contributed by atoms with Crippen LogP contribution in [0.4, 0.5) is 0 Å². The van der Waals surface area contributed by atoms with Gasteiger partial charge in [-0.2, -0.15) is 0 Å². The van der Waals surface area contributed by atoms with Gasteiger partial charge in [0, 0.05) is 11.0 Å². The van der Waals surface area contributed by atoms with Crippen LogP contribution in [-0.4, -0.2) is 5.91 Å². The third kappa shape index (κ3) is 4.52. The minimum atomic E-state index is 0.0413. The molecule has 0 radical (unpaired) electrons. The first-order chi connectivity index (χ1) is 9.13. The average molecular weight is 318 g/mol. The Balaban J connectivity index is 1.88. The largest absolute Gasteiger partial charge is 0.352 e. The Bertz CT molecular complexity index is 580. The number of hydrogen-bond acceptors (Lipinski definition) is 1. The zero-order valence-electron chi connectivity index (χ0n) is 10.8. The van der Waals surface area contributed by atoms with Crippen LogP contribution in [0.25, 0.3) is 0 Å². The molecule has 2 rings (SSSR count). The maximum atomic E-state index is 11.9. The van der Waals surface area contributed by atoms with Gasteiger partial charge < -0.3 is 5.32 Å². The number of nitrogens with one attached hydrogen (secondary N) is 1. The van der Waals surface area contributed by atoms with Gasteiger partial charge in [0.15, 0.2) is 0 Å². The van der Waals surface area contributed by atoms with Crippen molar-refractivity contribution < 1.29 is 4.79 Å². The van der Waals surface area contributed by atoms with Crippen molar-refractivity contribution in [3.63, 3.8) is 0 Å². The van der Waals surface area contributed by atoms with Gasteiger partial charge in [-0.15, -0.1) is 0 Å². The summed E-state index contributed by atoms with van der Waals surface area (Å²) in [6.07, 6.45) is 0.408. The van der Waals surface area contributed by atoms with Crippen molar-refractivity contribution in [2.75, 3.05) is 0 Å². The Morgan fingerprint density at radius 2 is 1.84 bits per heavy atom. The lowest BCUT2D eigenvalue weighted by atomic mass is 10.1. The van der Waals surface area contributed by atoms with Crippen molar-refractivity contribution in [3.05, 3.63) is 69.7 Å². The molecule has 0 aromatic heterocycles. The van der Waals surface area contributed by atoms with Crippen molar-refractivity contribution in [2.24, 2.45) is 0 Å². The van der Waals surface area contributed by atoms with Gasteiger partial charge in [0.2, 0.25) is 5.91 Å². The molecule has 0 saturated heterocycles. The molecular weight excluding hydrogens is 302 g/mol. The van der Waals surface area contributed by atoms with Gasteiger partial charge in [0.05, 0.1) is 6.42 Å². The molecule has 0 atom stereocenters.